The van der Waals surface area contributed by atoms with Crippen molar-refractivity contribution in [2.45, 2.75) is 19.8 Å². The highest BCUT2D eigenvalue weighted by molar-refractivity contribution is 5.91. The Balaban J connectivity index is 2.00. The number of benzene rings is 1. The summed E-state index contributed by atoms with van der Waals surface area (Å²) in [6.45, 7) is 3.36. The minimum Gasteiger partial charge on any atom is -0.271 e. The molecule has 1 heterocycles. The first-order valence-corrected chi connectivity index (χ1v) is 5.95. The van der Waals surface area contributed by atoms with Gasteiger partial charge in [-0.3, -0.25) is 9.63 Å². The normalized spacial score (nSPS) is 16.4. The van der Waals surface area contributed by atoms with E-state index >= 15 is 0 Å². The van der Waals surface area contributed by atoms with E-state index in [-0.39, 0.29) is 5.91 Å². The molecule has 0 aliphatic carbocycles. The Morgan fingerprint density at radius 3 is 2.88 bits per heavy atom. The summed E-state index contributed by atoms with van der Waals surface area (Å²) in [6.07, 6.45) is 5.47. The van der Waals surface area contributed by atoms with Gasteiger partial charge in [0.1, 0.15) is 0 Å². The van der Waals surface area contributed by atoms with Crippen molar-refractivity contribution in [2.75, 3.05) is 13.2 Å². The molecule has 1 aliphatic rings. The molecule has 3 nitrogen and oxygen atoms in total. The van der Waals surface area contributed by atoms with Crippen molar-refractivity contribution in [1.29, 1.82) is 0 Å². The molecule has 1 saturated heterocycles. The van der Waals surface area contributed by atoms with E-state index in [9.17, 15) is 4.79 Å². The van der Waals surface area contributed by atoms with Crippen LogP contribution < -0.4 is 0 Å². The Bertz CT molecular complexity index is 420. The molecule has 0 saturated carbocycles. The Morgan fingerprint density at radius 1 is 1.35 bits per heavy atom. The van der Waals surface area contributed by atoms with Gasteiger partial charge in [0.2, 0.25) is 0 Å². The first-order valence-electron chi connectivity index (χ1n) is 5.95. The molecule has 0 unspecified atom stereocenters. The first-order chi connectivity index (χ1) is 8.27. The second kappa shape index (κ2) is 5.64. The van der Waals surface area contributed by atoms with Crippen molar-refractivity contribution < 1.29 is 9.63 Å². The van der Waals surface area contributed by atoms with Crippen molar-refractivity contribution in [3.63, 3.8) is 0 Å². The van der Waals surface area contributed by atoms with Gasteiger partial charge < -0.3 is 0 Å². The standard InChI is InChI=1S/C14H17NO2/c1-12-6-2-3-7-13(12)8-9-14(16)15-10-4-5-11-17-15/h2-3,6-9H,4-5,10-11H2,1H3/b9-8+. The molecule has 90 valence electrons. The van der Waals surface area contributed by atoms with Crippen molar-refractivity contribution in [3.8, 4) is 0 Å². The van der Waals surface area contributed by atoms with Crippen LogP contribution in [0.25, 0.3) is 6.08 Å². The van der Waals surface area contributed by atoms with Crippen LogP contribution in [0.15, 0.2) is 30.3 Å². The molecule has 1 fully saturated rings. The van der Waals surface area contributed by atoms with Crippen molar-refractivity contribution in [3.05, 3.63) is 41.5 Å². The Kier molecular flexibility index (Phi) is 3.94. The van der Waals surface area contributed by atoms with E-state index in [1.807, 2.05) is 37.3 Å². The first kappa shape index (κ1) is 11.9. The monoisotopic (exact) mass is 231 g/mol. The van der Waals surface area contributed by atoms with E-state index < -0.39 is 0 Å². The van der Waals surface area contributed by atoms with Crippen LogP contribution in [0.4, 0.5) is 0 Å². The minimum atomic E-state index is -0.0760. The Hall–Kier alpha value is -1.61. The highest BCUT2D eigenvalue weighted by Gasteiger charge is 2.14. The Labute approximate surface area is 102 Å². The topological polar surface area (TPSA) is 29.5 Å². The summed E-state index contributed by atoms with van der Waals surface area (Å²) in [7, 11) is 0. The lowest BCUT2D eigenvalue weighted by atomic mass is 10.1. The number of carbonyl (C=O) groups excluding carboxylic acids is 1. The average molecular weight is 231 g/mol. The summed E-state index contributed by atoms with van der Waals surface area (Å²) in [5.74, 6) is -0.0760. The third-order valence-corrected chi connectivity index (χ3v) is 2.84. The summed E-state index contributed by atoms with van der Waals surface area (Å²) >= 11 is 0. The van der Waals surface area contributed by atoms with E-state index in [1.54, 1.807) is 6.08 Å². The van der Waals surface area contributed by atoms with Crippen LogP contribution in [0.2, 0.25) is 0 Å². The van der Waals surface area contributed by atoms with Gasteiger partial charge in [0.05, 0.1) is 6.61 Å². The van der Waals surface area contributed by atoms with Gasteiger partial charge in [-0.25, -0.2) is 5.06 Å². The van der Waals surface area contributed by atoms with Crippen LogP contribution in [0.3, 0.4) is 0 Å². The molecular weight excluding hydrogens is 214 g/mol. The molecular formula is C14H17NO2. The zero-order valence-electron chi connectivity index (χ0n) is 10.1. The smallest absolute Gasteiger partial charge is 0.270 e. The molecule has 2 rings (SSSR count). The van der Waals surface area contributed by atoms with Crippen LogP contribution in [0, 0.1) is 6.92 Å². The SMILES string of the molecule is Cc1ccccc1/C=C/C(=O)N1CCCCO1. The van der Waals surface area contributed by atoms with Crippen LogP contribution in [-0.4, -0.2) is 24.1 Å². The fourth-order valence-corrected chi connectivity index (χ4v) is 1.79. The van der Waals surface area contributed by atoms with Gasteiger partial charge in [-0.15, -0.1) is 0 Å². The van der Waals surface area contributed by atoms with Crippen molar-refractivity contribution in [2.24, 2.45) is 0 Å². The van der Waals surface area contributed by atoms with Gasteiger partial charge >= 0.3 is 0 Å². The lowest BCUT2D eigenvalue weighted by molar-refractivity contribution is -0.191. The number of hydrogen-bond donors (Lipinski definition) is 0. The number of hydrogen-bond acceptors (Lipinski definition) is 2. The molecule has 1 amide bonds. The third kappa shape index (κ3) is 3.17. The maximum atomic E-state index is 11.8. The summed E-state index contributed by atoms with van der Waals surface area (Å²) in [4.78, 5) is 17.1. The highest BCUT2D eigenvalue weighted by Crippen LogP contribution is 2.11. The van der Waals surface area contributed by atoms with E-state index in [2.05, 4.69) is 0 Å². The minimum absolute atomic E-state index is 0.0760. The lowest BCUT2D eigenvalue weighted by Gasteiger charge is -2.24. The summed E-state index contributed by atoms with van der Waals surface area (Å²) in [6, 6.07) is 7.98. The van der Waals surface area contributed by atoms with E-state index in [0.717, 1.165) is 24.0 Å². The second-order valence-electron chi connectivity index (χ2n) is 4.17. The van der Waals surface area contributed by atoms with Crippen LogP contribution in [0.1, 0.15) is 24.0 Å². The van der Waals surface area contributed by atoms with Crippen LogP contribution in [-0.2, 0) is 9.63 Å². The van der Waals surface area contributed by atoms with Crippen LogP contribution >= 0.6 is 0 Å². The molecule has 0 atom stereocenters. The van der Waals surface area contributed by atoms with Gasteiger partial charge in [-0.1, -0.05) is 24.3 Å². The van der Waals surface area contributed by atoms with E-state index in [4.69, 9.17) is 4.84 Å². The number of amides is 1. The van der Waals surface area contributed by atoms with Crippen molar-refractivity contribution >= 4 is 12.0 Å². The summed E-state index contributed by atoms with van der Waals surface area (Å²) < 4.78 is 0. The molecule has 3 heteroatoms. The Morgan fingerprint density at radius 2 is 2.18 bits per heavy atom. The number of rotatable bonds is 2. The summed E-state index contributed by atoms with van der Waals surface area (Å²) in [5, 5.41) is 1.44. The molecule has 17 heavy (non-hydrogen) atoms. The van der Waals surface area contributed by atoms with Gasteiger partial charge in [-0.2, -0.15) is 0 Å². The largest absolute Gasteiger partial charge is 0.271 e. The van der Waals surface area contributed by atoms with Gasteiger partial charge in [-0.05, 0) is 37.0 Å². The number of aryl methyl sites for hydroxylation is 1. The molecule has 1 aromatic rings. The average Bonchev–Trinajstić information content (AvgIpc) is 2.38. The lowest BCUT2D eigenvalue weighted by Crippen LogP contribution is -2.34. The molecule has 1 aromatic carbocycles. The zero-order valence-corrected chi connectivity index (χ0v) is 10.1. The van der Waals surface area contributed by atoms with Gasteiger partial charge in [0, 0.05) is 12.6 Å². The molecule has 0 spiro atoms. The second-order valence-corrected chi connectivity index (χ2v) is 4.17. The highest BCUT2D eigenvalue weighted by atomic mass is 16.7. The fraction of sp³-hybridized carbons (Fsp3) is 0.357. The maximum absolute atomic E-state index is 11.8. The predicted octanol–water partition coefficient (Wildman–Crippen LogP) is 2.56. The quantitative estimate of drug-likeness (QED) is 0.732. The van der Waals surface area contributed by atoms with E-state index in [0.29, 0.717) is 13.2 Å². The van der Waals surface area contributed by atoms with E-state index in [1.165, 1.54) is 5.06 Å². The van der Waals surface area contributed by atoms with Crippen molar-refractivity contribution in [1.82, 2.24) is 5.06 Å². The molecule has 0 N–H and O–H groups in total. The molecule has 1 aliphatic heterocycles. The van der Waals surface area contributed by atoms with Gasteiger partial charge in [0.25, 0.3) is 5.91 Å². The maximum Gasteiger partial charge on any atom is 0.270 e. The zero-order chi connectivity index (χ0) is 12.1. The number of nitrogens with zero attached hydrogens (tertiary/aromatic N) is 1. The fourth-order valence-electron chi connectivity index (χ4n) is 1.79. The number of carbonyl (C=O) groups is 1. The summed E-state index contributed by atoms with van der Waals surface area (Å²) in [5.41, 5.74) is 2.23. The molecule has 0 aromatic heterocycles. The van der Waals surface area contributed by atoms with Gasteiger partial charge in [0.15, 0.2) is 0 Å². The molecule has 0 bridgehead atoms. The number of hydroxylamine groups is 2. The predicted molar refractivity (Wildman–Crippen MR) is 67.1 cm³/mol. The third-order valence-electron chi connectivity index (χ3n) is 2.84. The molecule has 0 radical (unpaired) electrons. The van der Waals surface area contributed by atoms with Crippen LogP contribution in [0.5, 0.6) is 0 Å².